The minimum absolute atomic E-state index is 0.228. The number of pyridine rings is 1. The summed E-state index contributed by atoms with van der Waals surface area (Å²) in [6.07, 6.45) is 3.22. The largest absolute Gasteiger partial charge is 0.460 e. The van der Waals surface area contributed by atoms with Gasteiger partial charge in [-0.25, -0.2) is 4.98 Å². The molecule has 1 fully saturated rings. The number of furan rings is 1. The van der Waals surface area contributed by atoms with Crippen LogP contribution in [0.2, 0.25) is 0 Å². The van der Waals surface area contributed by atoms with Crippen LogP contribution < -0.4 is 10.6 Å². The SMILES string of the molecule is CCCCc1cc2c(N)nc3cc(N4CCN(C(C)(C)C)CC4)ccc3c2o1. The van der Waals surface area contributed by atoms with Crippen LogP contribution in [-0.4, -0.2) is 41.6 Å². The van der Waals surface area contributed by atoms with Gasteiger partial charge in [0.15, 0.2) is 0 Å². The third-order valence-corrected chi connectivity index (χ3v) is 5.90. The Labute approximate surface area is 167 Å². The summed E-state index contributed by atoms with van der Waals surface area (Å²) < 4.78 is 6.16. The average Bonchev–Trinajstić information content (AvgIpc) is 3.10. The van der Waals surface area contributed by atoms with E-state index in [2.05, 4.69) is 66.7 Å². The number of hydrogen-bond acceptors (Lipinski definition) is 5. The number of piperazine rings is 1. The maximum absolute atomic E-state index is 6.27. The molecule has 1 saturated heterocycles. The number of aromatic nitrogens is 1. The van der Waals surface area contributed by atoms with E-state index < -0.39 is 0 Å². The Balaban J connectivity index is 1.63. The van der Waals surface area contributed by atoms with Gasteiger partial charge in [0, 0.05) is 49.2 Å². The van der Waals surface area contributed by atoms with Gasteiger partial charge in [-0.05, 0) is 51.5 Å². The zero-order chi connectivity index (χ0) is 19.9. The van der Waals surface area contributed by atoms with Crippen LogP contribution >= 0.6 is 0 Å². The Hall–Kier alpha value is -2.27. The van der Waals surface area contributed by atoms with Crippen molar-refractivity contribution in [3.05, 3.63) is 30.0 Å². The van der Waals surface area contributed by atoms with Crippen LogP contribution in [0.3, 0.4) is 0 Å². The lowest BCUT2D eigenvalue weighted by molar-refractivity contribution is 0.128. The minimum atomic E-state index is 0.228. The van der Waals surface area contributed by atoms with E-state index in [1.54, 1.807) is 0 Å². The molecular weight excluding hydrogens is 348 g/mol. The molecule has 3 aromatic rings. The summed E-state index contributed by atoms with van der Waals surface area (Å²) in [5.41, 5.74) is 9.50. The normalized spacial score (nSPS) is 16.4. The topological polar surface area (TPSA) is 58.5 Å². The molecule has 1 aromatic carbocycles. The summed E-state index contributed by atoms with van der Waals surface area (Å²) in [7, 11) is 0. The third-order valence-electron chi connectivity index (χ3n) is 5.90. The number of unbranched alkanes of at least 4 members (excludes halogenated alkanes) is 1. The van der Waals surface area contributed by atoms with E-state index in [0.29, 0.717) is 5.82 Å². The van der Waals surface area contributed by atoms with Gasteiger partial charge in [0.1, 0.15) is 17.2 Å². The fourth-order valence-electron chi connectivity index (χ4n) is 4.13. The number of nitrogen functional groups attached to an aromatic ring is 1. The number of hydrogen-bond donors (Lipinski definition) is 1. The van der Waals surface area contributed by atoms with Crippen molar-refractivity contribution in [2.24, 2.45) is 0 Å². The predicted octanol–water partition coefficient (Wildman–Crippen LogP) is 4.83. The summed E-state index contributed by atoms with van der Waals surface area (Å²) in [6.45, 7) is 13.3. The zero-order valence-corrected chi connectivity index (χ0v) is 17.6. The van der Waals surface area contributed by atoms with Crippen LogP contribution in [0.5, 0.6) is 0 Å². The van der Waals surface area contributed by atoms with Crippen molar-refractivity contribution in [2.45, 2.75) is 52.5 Å². The summed E-state index contributed by atoms with van der Waals surface area (Å²) in [5, 5.41) is 1.98. The highest BCUT2D eigenvalue weighted by Crippen LogP contribution is 2.33. The monoisotopic (exact) mass is 380 g/mol. The lowest BCUT2D eigenvalue weighted by atomic mass is 10.0. The number of rotatable bonds is 4. The highest BCUT2D eigenvalue weighted by molar-refractivity contribution is 6.07. The van der Waals surface area contributed by atoms with Crippen molar-refractivity contribution in [3.63, 3.8) is 0 Å². The second-order valence-corrected chi connectivity index (χ2v) is 8.90. The molecule has 5 nitrogen and oxygen atoms in total. The van der Waals surface area contributed by atoms with E-state index in [1.165, 1.54) is 5.69 Å². The van der Waals surface area contributed by atoms with E-state index >= 15 is 0 Å². The molecule has 28 heavy (non-hydrogen) atoms. The lowest BCUT2D eigenvalue weighted by Gasteiger charge is -2.43. The fraction of sp³-hybridized carbons (Fsp3) is 0.522. The number of fused-ring (bicyclic) bond motifs is 3. The Morgan fingerprint density at radius 1 is 1.07 bits per heavy atom. The van der Waals surface area contributed by atoms with E-state index in [0.717, 1.165) is 73.1 Å². The molecule has 3 heterocycles. The molecular formula is C23H32N4O. The highest BCUT2D eigenvalue weighted by Gasteiger charge is 2.26. The maximum Gasteiger partial charge on any atom is 0.147 e. The van der Waals surface area contributed by atoms with Gasteiger partial charge in [-0.15, -0.1) is 0 Å². The smallest absolute Gasteiger partial charge is 0.147 e. The number of nitrogens with zero attached hydrogens (tertiary/aromatic N) is 3. The summed E-state index contributed by atoms with van der Waals surface area (Å²) in [4.78, 5) is 9.68. The zero-order valence-electron chi connectivity index (χ0n) is 17.6. The first-order valence-corrected chi connectivity index (χ1v) is 10.5. The van der Waals surface area contributed by atoms with Crippen LogP contribution in [0.1, 0.15) is 46.3 Å². The van der Waals surface area contributed by atoms with Gasteiger partial charge in [0.05, 0.1) is 10.9 Å². The van der Waals surface area contributed by atoms with E-state index in [1.807, 2.05) is 0 Å². The van der Waals surface area contributed by atoms with E-state index in [-0.39, 0.29) is 5.54 Å². The molecule has 1 aliphatic rings. The highest BCUT2D eigenvalue weighted by atomic mass is 16.3. The number of nitrogens with two attached hydrogens (primary N) is 1. The Morgan fingerprint density at radius 3 is 2.50 bits per heavy atom. The minimum Gasteiger partial charge on any atom is -0.460 e. The summed E-state index contributed by atoms with van der Waals surface area (Å²) >= 11 is 0. The van der Waals surface area contributed by atoms with Crippen molar-refractivity contribution in [2.75, 3.05) is 36.8 Å². The van der Waals surface area contributed by atoms with Gasteiger partial charge >= 0.3 is 0 Å². The van der Waals surface area contributed by atoms with Gasteiger partial charge in [-0.2, -0.15) is 0 Å². The van der Waals surface area contributed by atoms with Crippen molar-refractivity contribution < 1.29 is 4.42 Å². The Morgan fingerprint density at radius 2 is 1.82 bits per heavy atom. The fourth-order valence-corrected chi connectivity index (χ4v) is 4.13. The second-order valence-electron chi connectivity index (χ2n) is 8.90. The van der Waals surface area contributed by atoms with Gasteiger partial charge in [0.2, 0.25) is 0 Å². The van der Waals surface area contributed by atoms with Gasteiger partial charge in [-0.1, -0.05) is 13.3 Å². The van der Waals surface area contributed by atoms with Crippen LogP contribution in [-0.2, 0) is 6.42 Å². The molecule has 5 heteroatoms. The van der Waals surface area contributed by atoms with Crippen LogP contribution in [0, 0.1) is 0 Å². The molecule has 4 rings (SSSR count). The summed E-state index contributed by atoms with van der Waals surface area (Å²) in [5.74, 6) is 1.56. The first-order valence-electron chi connectivity index (χ1n) is 10.5. The molecule has 0 aliphatic carbocycles. The Kier molecular flexibility index (Phi) is 4.96. The molecule has 0 saturated carbocycles. The molecule has 0 amide bonds. The van der Waals surface area contributed by atoms with E-state index in [9.17, 15) is 0 Å². The Bertz CT molecular complexity index is 978. The summed E-state index contributed by atoms with van der Waals surface area (Å²) in [6, 6.07) is 8.56. The van der Waals surface area contributed by atoms with Gasteiger partial charge in [-0.3, -0.25) is 4.90 Å². The van der Waals surface area contributed by atoms with Crippen LogP contribution in [0.15, 0.2) is 28.7 Å². The first-order chi connectivity index (χ1) is 13.4. The molecule has 0 bridgehead atoms. The third kappa shape index (κ3) is 3.55. The number of benzene rings is 1. The molecule has 0 unspecified atom stereocenters. The number of anilines is 2. The van der Waals surface area contributed by atoms with E-state index in [4.69, 9.17) is 10.2 Å². The van der Waals surface area contributed by atoms with Crippen molar-refractivity contribution >= 4 is 33.4 Å². The quantitative estimate of drug-likeness (QED) is 0.703. The molecule has 0 radical (unpaired) electrons. The first kappa shape index (κ1) is 19.1. The van der Waals surface area contributed by atoms with Crippen molar-refractivity contribution in [1.29, 1.82) is 0 Å². The molecule has 1 aliphatic heterocycles. The molecule has 0 atom stereocenters. The molecule has 150 valence electrons. The molecule has 2 N–H and O–H groups in total. The molecule has 0 spiro atoms. The number of aryl methyl sites for hydroxylation is 1. The van der Waals surface area contributed by atoms with Crippen LogP contribution in [0.4, 0.5) is 11.5 Å². The lowest BCUT2D eigenvalue weighted by Crippen LogP contribution is -2.53. The average molecular weight is 381 g/mol. The maximum atomic E-state index is 6.27. The molecule has 2 aromatic heterocycles. The van der Waals surface area contributed by atoms with Crippen LogP contribution in [0.25, 0.3) is 21.9 Å². The van der Waals surface area contributed by atoms with Gasteiger partial charge < -0.3 is 15.1 Å². The van der Waals surface area contributed by atoms with Gasteiger partial charge in [0.25, 0.3) is 0 Å². The van der Waals surface area contributed by atoms with Crippen molar-refractivity contribution in [3.8, 4) is 0 Å². The van der Waals surface area contributed by atoms with Crippen molar-refractivity contribution in [1.82, 2.24) is 9.88 Å². The predicted molar refractivity (Wildman–Crippen MR) is 118 cm³/mol. The second kappa shape index (κ2) is 7.28. The standard InChI is InChI=1S/C23H32N4O/c1-5-6-7-17-15-19-21(28-17)18-9-8-16(14-20(18)25-22(19)24)26-10-12-27(13-11-26)23(2,3)4/h8-9,14-15H,5-7,10-13H2,1-4H3,(H2,24,25).